The lowest BCUT2D eigenvalue weighted by atomic mass is 10.1. The van der Waals surface area contributed by atoms with Crippen molar-refractivity contribution in [2.24, 2.45) is 0 Å². The summed E-state index contributed by atoms with van der Waals surface area (Å²) in [6.45, 7) is 3.85. The van der Waals surface area contributed by atoms with Crippen LogP contribution in [0.25, 0.3) is 0 Å². The lowest BCUT2D eigenvalue weighted by molar-refractivity contribution is 0.0734. The smallest absolute Gasteiger partial charge is 0.343 e. The molecule has 2 nitrogen and oxygen atoms in total. The molecule has 0 saturated heterocycles. The molecule has 0 heterocycles. The minimum absolute atomic E-state index is 0.203. The summed E-state index contributed by atoms with van der Waals surface area (Å²) in [7, 11) is 0. The van der Waals surface area contributed by atoms with Crippen LogP contribution in [0.2, 0.25) is 0 Å². The van der Waals surface area contributed by atoms with Crippen LogP contribution in [0.5, 0.6) is 5.75 Å². The fourth-order valence-electron chi connectivity index (χ4n) is 1.77. The number of benzene rings is 2. The second kappa shape index (κ2) is 5.00. The first kappa shape index (κ1) is 12.3. The van der Waals surface area contributed by atoms with Gasteiger partial charge in [0, 0.05) is 0 Å². The van der Waals surface area contributed by atoms with E-state index in [1.54, 1.807) is 12.1 Å². The average Bonchev–Trinajstić information content (AvgIpc) is 2.27. The standard InChI is InChI=1S/C15H13FO2/c1-10-6-11(2)8-14(7-10)18-15(17)12-4-3-5-13(16)9-12/h3-9H,1-2H3. The first-order valence-electron chi connectivity index (χ1n) is 5.60. The SMILES string of the molecule is Cc1cc(C)cc(OC(=O)c2cccc(F)c2)c1. The molecule has 0 saturated carbocycles. The molecule has 3 heteroatoms. The zero-order chi connectivity index (χ0) is 13.1. The number of ether oxygens (including phenoxy) is 1. The highest BCUT2D eigenvalue weighted by atomic mass is 19.1. The molecule has 2 rings (SSSR count). The van der Waals surface area contributed by atoms with Crippen molar-refractivity contribution in [1.29, 1.82) is 0 Å². The quantitative estimate of drug-likeness (QED) is 0.595. The lowest BCUT2D eigenvalue weighted by Gasteiger charge is -2.06. The summed E-state index contributed by atoms with van der Waals surface area (Å²) < 4.78 is 18.2. The Morgan fingerprint density at radius 1 is 1.06 bits per heavy atom. The largest absolute Gasteiger partial charge is 0.423 e. The predicted molar refractivity (Wildman–Crippen MR) is 67.3 cm³/mol. The molecule has 0 radical (unpaired) electrons. The van der Waals surface area contributed by atoms with Crippen LogP contribution in [0.3, 0.4) is 0 Å². The molecule has 0 N–H and O–H groups in total. The van der Waals surface area contributed by atoms with Crippen LogP contribution in [0.15, 0.2) is 42.5 Å². The highest BCUT2D eigenvalue weighted by molar-refractivity contribution is 5.91. The summed E-state index contributed by atoms with van der Waals surface area (Å²) in [4.78, 5) is 11.8. The van der Waals surface area contributed by atoms with Gasteiger partial charge in [0.1, 0.15) is 11.6 Å². The van der Waals surface area contributed by atoms with Crippen molar-refractivity contribution in [3.05, 3.63) is 65.0 Å². The zero-order valence-corrected chi connectivity index (χ0v) is 10.2. The van der Waals surface area contributed by atoms with E-state index in [1.165, 1.54) is 18.2 Å². The summed E-state index contributed by atoms with van der Waals surface area (Å²) >= 11 is 0. The number of carbonyl (C=O) groups is 1. The Bertz CT molecular complexity index is 571. The van der Waals surface area contributed by atoms with Crippen LogP contribution in [-0.2, 0) is 0 Å². The van der Waals surface area contributed by atoms with Gasteiger partial charge in [-0.25, -0.2) is 9.18 Å². The van der Waals surface area contributed by atoms with Crippen LogP contribution in [0.1, 0.15) is 21.5 Å². The van der Waals surface area contributed by atoms with E-state index < -0.39 is 11.8 Å². The number of hydrogen-bond acceptors (Lipinski definition) is 2. The van der Waals surface area contributed by atoms with E-state index in [4.69, 9.17) is 4.74 Å². The Hall–Kier alpha value is -2.16. The summed E-state index contributed by atoms with van der Waals surface area (Å²) in [6, 6.07) is 11.0. The molecule has 18 heavy (non-hydrogen) atoms. The molecule has 0 spiro atoms. The van der Waals surface area contributed by atoms with Gasteiger partial charge in [0.2, 0.25) is 0 Å². The number of esters is 1. The maximum absolute atomic E-state index is 13.0. The van der Waals surface area contributed by atoms with Crippen LogP contribution in [-0.4, -0.2) is 5.97 Å². The minimum Gasteiger partial charge on any atom is -0.423 e. The van der Waals surface area contributed by atoms with Gasteiger partial charge in [0.25, 0.3) is 0 Å². The van der Waals surface area contributed by atoms with Gasteiger partial charge >= 0.3 is 5.97 Å². The van der Waals surface area contributed by atoms with E-state index in [2.05, 4.69) is 0 Å². The third-order valence-electron chi connectivity index (χ3n) is 2.47. The first-order valence-corrected chi connectivity index (χ1v) is 5.60. The molecule has 0 bridgehead atoms. The fourth-order valence-corrected chi connectivity index (χ4v) is 1.77. The van der Waals surface area contributed by atoms with Crippen LogP contribution in [0.4, 0.5) is 4.39 Å². The molecule has 0 aliphatic carbocycles. The molecule has 0 fully saturated rings. The van der Waals surface area contributed by atoms with Gasteiger partial charge < -0.3 is 4.74 Å². The summed E-state index contributed by atoms with van der Waals surface area (Å²) in [5.41, 5.74) is 2.23. The molecular formula is C15H13FO2. The maximum atomic E-state index is 13.0. The predicted octanol–water partition coefficient (Wildman–Crippen LogP) is 3.66. The number of halogens is 1. The van der Waals surface area contributed by atoms with Gasteiger partial charge in [-0.1, -0.05) is 12.1 Å². The number of carbonyl (C=O) groups excluding carboxylic acids is 1. The monoisotopic (exact) mass is 244 g/mol. The van der Waals surface area contributed by atoms with Gasteiger partial charge in [-0.2, -0.15) is 0 Å². The van der Waals surface area contributed by atoms with Crippen molar-refractivity contribution in [1.82, 2.24) is 0 Å². The van der Waals surface area contributed by atoms with Gasteiger partial charge in [0.15, 0.2) is 0 Å². The molecule has 0 aliphatic heterocycles. The van der Waals surface area contributed by atoms with E-state index in [-0.39, 0.29) is 5.56 Å². The van der Waals surface area contributed by atoms with Crippen molar-refractivity contribution in [2.45, 2.75) is 13.8 Å². The van der Waals surface area contributed by atoms with E-state index >= 15 is 0 Å². The highest BCUT2D eigenvalue weighted by Crippen LogP contribution is 2.18. The Morgan fingerprint density at radius 2 is 1.72 bits per heavy atom. The second-order valence-electron chi connectivity index (χ2n) is 4.22. The third-order valence-corrected chi connectivity index (χ3v) is 2.47. The van der Waals surface area contributed by atoms with Crippen LogP contribution < -0.4 is 4.74 Å². The highest BCUT2D eigenvalue weighted by Gasteiger charge is 2.09. The molecule has 0 aliphatic rings. The Kier molecular flexibility index (Phi) is 3.42. The van der Waals surface area contributed by atoms with Crippen molar-refractivity contribution in [3.8, 4) is 5.75 Å². The summed E-state index contributed by atoms with van der Waals surface area (Å²) in [5, 5.41) is 0. The minimum atomic E-state index is -0.556. The molecule has 2 aromatic rings. The van der Waals surface area contributed by atoms with E-state index in [1.807, 2.05) is 19.9 Å². The van der Waals surface area contributed by atoms with Gasteiger partial charge in [-0.05, 0) is 55.3 Å². The third kappa shape index (κ3) is 2.94. The molecule has 0 aromatic heterocycles. The van der Waals surface area contributed by atoms with E-state index in [0.717, 1.165) is 17.2 Å². The second-order valence-corrected chi connectivity index (χ2v) is 4.22. The molecular weight excluding hydrogens is 231 g/mol. The molecule has 2 aromatic carbocycles. The average molecular weight is 244 g/mol. The Labute approximate surface area is 105 Å². The van der Waals surface area contributed by atoms with Gasteiger partial charge in [-0.15, -0.1) is 0 Å². The van der Waals surface area contributed by atoms with Gasteiger partial charge in [-0.3, -0.25) is 0 Å². The van der Waals surface area contributed by atoms with Gasteiger partial charge in [0.05, 0.1) is 5.56 Å². The molecule has 0 amide bonds. The number of aryl methyl sites for hydroxylation is 2. The van der Waals surface area contributed by atoms with Crippen molar-refractivity contribution < 1.29 is 13.9 Å². The van der Waals surface area contributed by atoms with E-state index in [9.17, 15) is 9.18 Å². The normalized spacial score (nSPS) is 10.2. The van der Waals surface area contributed by atoms with Crippen LogP contribution in [0, 0.1) is 19.7 Å². The number of rotatable bonds is 2. The Balaban J connectivity index is 2.21. The topological polar surface area (TPSA) is 26.3 Å². The zero-order valence-electron chi connectivity index (χ0n) is 10.2. The van der Waals surface area contributed by atoms with Crippen molar-refractivity contribution in [2.75, 3.05) is 0 Å². The molecule has 0 atom stereocenters. The fraction of sp³-hybridized carbons (Fsp3) is 0.133. The summed E-state index contributed by atoms with van der Waals surface area (Å²) in [5.74, 6) is -0.536. The summed E-state index contributed by atoms with van der Waals surface area (Å²) in [6.07, 6.45) is 0. The van der Waals surface area contributed by atoms with Crippen LogP contribution >= 0.6 is 0 Å². The van der Waals surface area contributed by atoms with Crippen molar-refractivity contribution in [3.63, 3.8) is 0 Å². The number of hydrogen-bond donors (Lipinski definition) is 0. The lowest BCUT2D eigenvalue weighted by Crippen LogP contribution is -2.08. The Morgan fingerprint density at radius 3 is 2.33 bits per heavy atom. The molecule has 0 unspecified atom stereocenters. The van der Waals surface area contributed by atoms with Crippen molar-refractivity contribution >= 4 is 5.97 Å². The van der Waals surface area contributed by atoms with E-state index in [0.29, 0.717) is 5.75 Å². The maximum Gasteiger partial charge on any atom is 0.343 e. The first-order chi connectivity index (χ1) is 8.54. The molecule has 92 valence electrons.